The number of likely N-dealkylation sites (N-methyl/N-ethyl adjacent to an activating group) is 2. The molecule has 2 aliphatic carbocycles. The zero-order chi connectivity index (χ0) is 37.6. The number of rotatable bonds is 14. The molecule has 11 nitrogen and oxygen atoms in total. The lowest BCUT2D eigenvalue weighted by Gasteiger charge is -2.49. The molecule has 2 aromatic heterocycles. The lowest BCUT2D eigenvalue weighted by atomic mass is 9.69. The summed E-state index contributed by atoms with van der Waals surface area (Å²) in [6.07, 6.45) is 5.96. The first-order valence-electron chi connectivity index (χ1n) is 18.0. The molecule has 52 heavy (non-hydrogen) atoms. The monoisotopic (exact) mass is 733 g/mol. The van der Waals surface area contributed by atoms with Crippen molar-refractivity contribution in [2.24, 2.45) is 18.4 Å². The molecule has 0 saturated heterocycles. The quantitative estimate of drug-likeness (QED) is 0.141. The van der Waals surface area contributed by atoms with Gasteiger partial charge in [-0.2, -0.15) is 5.10 Å². The Morgan fingerprint density at radius 2 is 1.88 bits per heavy atom. The molecule has 2 heterocycles. The van der Waals surface area contributed by atoms with Crippen molar-refractivity contribution in [1.82, 2.24) is 35.3 Å². The number of carbonyl (C=O) groups excluding carboxylic acids is 3. The van der Waals surface area contributed by atoms with Crippen LogP contribution in [0.1, 0.15) is 99.2 Å². The van der Waals surface area contributed by atoms with E-state index in [2.05, 4.69) is 27.6 Å². The second kappa shape index (κ2) is 14.3. The lowest BCUT2D eigenvalue weighted by Crippen LogP contribution is -2.65. The van der Waals surface area contributed by atoms with E-state index in [-0.39, 0.29) is 46.8 Å². The molecule has 2 saturated carbocycles. The summed E-state index contributed by atoms with van der Waals surface area (Å²) in [7, 11) is 4.78. The maximum Gasteiger partial charge on any atom is 0.270 e. The van der Waals surface area contributed by atoms with Crippen LogP contribution < -0.4 is 10.6 Å². The fourth-order valence-electron chi connectivity index (χ4n) is 7.99. The number of methoxy groups -OCH3 is 1. The molecular weight excluding hydrogens is 685 g/mol. The number of hydrogen-bond acceptors (Lipinski definition) is 6. The summed E-state index contributed by atoms with van der Waals surface area (Å²) in [5.74, 6) is -1.71. The summed E-state index contributed by atoms with van der Waals surface area (Å²) < 4.78 is 24.1. The molecular formula is C39H49ClFN7O4. The van der Waals surface area contributed by atoms with Crippen LogP contribution in [0.2, 0.25) is 5.02 Å². The summed E-state index contributed by atoms with van der Waals surface area (Å²) in [5, 5.41) is 10.8. The summed E-state index contributed by atoms with van der Waals surface area (Å²) >= 11 is 6.82. The Morgan fingerprint density at radius 1 is 1.17 bits per heavy atom. The Kier molecular flexibility index (Phi) is 10.3. The minimum atomic E-state index is -1.51. The van der Waals surface area contributed by atoms with Gasteiger partial charge < -0.3 is 25.3 Å². The van der Waals surface area contributed by atoms with Crippen LogP contribution >= 0.6 is 11.6 Å². The van der Waals surface area contributed by atoms with Crippen molar-refractivity contribution in [3.63, 3.8) is 0 Å². The van der Waals surface area contributed by atoms with Gasteiger partial charge >= 0.3 is 0 Å². The van der Waals surface area contributed by atoms with E-state index in [1.807, 2.05) is 31.2 Å². The standard InChI is InChI=1S/C39H49ClFN7O4/c1-8-42-35(50)39(4,23-12-11-13-23)47(5)36(51)38(3,22-52-7)25-16-17-27-31(30(25)41)45-33(44-27)32(46-34(49)28-18-21-43-48(28)6)29(37(2)19-20-37)24-14-9-10-15-26(24)40/h9-10,14-18,21,23,29,32H,8,11-13,19-20,22H2,1-7H3,(H,42,50)(H,44,45)(H,46,49)/t29-,32?,38?,39?/m0/s1. The fraction of sp³-hybridized carbons (Fsp3) is 0.513. The van der Waals surface area contributed by atoms with Crippen LogP contribution in [0.5, 0.6) is 0 Å². The van der Waals surface area contributed by atoms with Gasteiger partial charge in [-0.3, -0.25) is 19.1 Å². The van der Waals surface area contributed by atoms with Gasteiger partial charge in [0.2, 0.25) is 11.8 Å². The molecule has 0 bridgehead atoms. The fourth-order valence-corrected chi connectivity index (χ4v) is 8.25. The lowest BCUT2D eigenvalue weighted by molar-refractivity contribution is -0.156. The SMILES string of the molecule is CCNC(=O)C(C)(C1CCC1)N(C)C(=O)C(C)(COC)c1ccc2[nH]c(C(NC(=O)c3ccnn3C)[C@H](c3ccccc3Cl)C3(C)CC3)nc2c1F. The largest absolute Gasteiger partial charge is 0.383 e. The predicted molar refractivity (Wildman–Crippen MR) is 197 cm³/mol. The van der Waals surface area contributed by atoms with E-state index in [9.17, 15) is 14.4 Å². The Labute approximate surface area is 309 Å². The van der Waals surface area contributed by atoms with E-state index in [0.717, 1.165) is 37.7 Å². The third-order valence-corrected chi connectivity index (χ3v) is 12.2. The average molecular weight is 734 g/mol. The molecule has 0 radical (unpaired) electrons. The number of imidazole rings is 1. The topological polar surface area (TPSA) is 134 Å². The Balaban J connectivity index is 1.45. The Hall–Kier alpha value is -4.29. The Bertz CT molecular complexity index is 1990. The van der Waals surface area contributed by atoms with Crippen molar-refractivity contribution in [3.8, 4) is 0 Å². The molecule has 13 heteroatoms. The number of aromatic amines is 1. The molecule has 2 aromatic carbocycles. The van der Waals surface area contributed by atoms with Gasteiger partial charge in [0, 0.05) is 50.5 Å². The third-order valence-electron chi connectivity index (χ3n) is 11.8. The summed E-state index contributed by atoms with van der Waals surface area (Å²) in [6, 6.07) is 11.7. The predicted octanol–water partition coefficient (Wildman–Crippen LogP) is 6.20. The zero-order valence-corrected chi connectivity index (χ0v) is 31.7. The van der Waals surface area contributed by atoms with Crippen LogP contribution in [0, 0.1) is 17.2 Å². The molecule has 0 aliphatic heterocycles. The molecule has 3 amide bonds. The highest BCUT2D eigenvalue weighted by Gasteiger charge is 2.53. The van der Waals surface area contributed by atoms with Crippen LogP contribution in [-0.2, 0) is 26.8 Å². The van der Waals surface area contributed by atoms with Crippen molar-refractivity contribution in [2.45, 2.75) is 82.7 Å². The number of benzene rings is 2. The number of nitrogens with zero attached hydrogens (tertiary/aromatic N) is 4. The van der Waals surface area contributed by atoms with Crippen LogP contribution in [0.15, 0.2) is 48.7 Å². The minimum absolute atomic E-state index is 0.0226. The number of carbonyl (C=O) groups is 3. The van der Waals surface area contributed by atoms with Crippen LogP contribution in [-0.4, -0.2) is 75.2 Å². The second-order valence-corrected chi connectivity index (χ2v) is 15.6. The van der Waals surface area contributed by atoms with E-state index in [1.165, 1.54) is 16.7 Å². The van der Waals surface area contributed by atoms with Gasteiger partial charge in [-0.25, -0.2) is 9.37 Å². The van der Waals surface area contributed by atoms with Crippen molar-refractivity contribution >= 4 is 40.4 Å². The molecule has 3 N–H and O–H groups in total. The smallest absolute Gasteiger partial charge is 0.270 e. The van der Waals surface area contributed by atoms with Gasteiger partial charge in [0.25, 0.3) is 5.91 Å². The number of hydrogen-bond donors (Lipinski definition) is 3. The molecule has 2 fully saturated rings. The van der Waals surface area contributed by atoms with Crippen LogP contribution in [0.25, 0.3) is 11.0 Å². The van der Waals surface area contributed by atoms with Gasteiger partial charge in [-0.05, 0) is 81.5 Å². The number of fused-ring (bicyclic) bond motifs is 1. The van der Waals surface area contributed by atoms with Gasteiger partial charge in [-0.15, -0.1) is 0 Å². The molecule has 4 aromatic rings. The summed E-state index contributed by atoms with van der Waals surface area (Å²) in [4.78, 5) is 51.6. The highest BCUT2D eigenvalue weighted by Crippen LogP contribution is 2.60. The number of nitrogens with one attached hydrogen (secondary N) is 3. The summed E-state index contributed by atoms with van der Waals surface area (Å²) in [5.41, 5.74) is -1.14. The van der Waals surface area contributed by atoms with Crippen LogP contribution in [0.4, 0.5) is 4.39 Å². The first-order chi connectivity index (χ1) is 24.7. The number of aromatic nitrogens is 4. The minimum Gasteiger partial charge on any atom is -0.383 e. The first kappa shape index (κ1) is 37.5. The molecule has 2 aliphatic rings. The first-order valence-corrected chi connectivity index (χ1v) is 18.4. The Morgan fingerprint density at radius 3 is 2.46 bits per heavy atom. The van der Waals surface area contributed by atoms with Gasteiger partial charge in [-0.1, -0.05) is 49.2 Å². The maximum atomic E-state index is 17.1. The number of ether oxygens (including phenoxy) is 1. The van der Waals surface area contributed by atoms with Gasteiger partial charge in [0.1, 0.15) is 22.6 Å². The number of halogens is 2. The van der Waals surface area contributed by atoms with Crippen molar-refractivity contribution in [1.29, 1.82) is 0 Å². The van der Waals surface area contributed by atoms with E-state index in [4.69, 9.17) is 21.3 Å². The van der Waals surface area contributed by atoms with Crippen molar-refractivity contribution < 1.29 is 23.5 Å². The maximum absolute atomic E-state index is 17.1. The van der Waals surface area contributed by atoms with Gasteiger partial charge in [0.15, 0.2) is 5.82 Å². The van der Waals surface area contributed by atoms with E-state index < -0.39 is 28.7 Å². The highest BCUT2D eigenvalue weighted by molar-refractivity contribution is 6.31. The normalized spacial score (nSPS) is 18.8. The van der Waals surface area contributed by atoms with E-state index in [1.54, 1.807) is 52.3 Å². The molecule has 0 spiro atoms. The molecule has 4 atom stereocenters. The number of H-pyrrole nitrogens is 1. The average Bonchev–Trinajstić information content (AvgIpc) is 3.45. The number of aryl methyl sites for hydroxylation is 1. The van der Waals surface area contributed by atoms with Crippen LogP contribution in [0.3, 0.4) is 0 Å². The second-order valence-electron chi connectivity index (χ2n) is 15.2. The van der Waals surface area contributed by atoms with E-state index >= 15 is 4.39 Å². The molecule has 3 unspecified atom stereocenters. The third kappa shape index (κ3) is 6.38. The molecule has 278 valence electrons. The van der Waals surface area contributed by atoms with E-state index in [0.29, 0.717) is 28.6 Å². The summed E-state index contributed by atoms with van der Waals surface area (Å²) in [6.45, 7) is 7.72. The van der Waals surface area contributed by atoms with Crippen molar-refractivity contribution in [2.75, 3.05) is 27.3 Å². The van der Waals surface area contributed by atoms with Crippen molar-refractivity contribution in [3.05, 3.63) is 82.1 Å². The zero-order valence-electron chi connectivity index (χ0n) is 31.0. The highest BCUT2D eigenvalue weighted by atomic mass is 35.5. The van der Waals surface area contributed by atoms with Gasteiger partial charge in [0.05, 0.1) is 23.6 Å². The molecule has 6 rings (SSSR count). The number of amides is 3.